The number of rotatable bonds is 3. The first-order valence-corrected chi connectivity index (χ1v) is 10.5. The van der Waals surface area contributed by atoms with Gasteiger partial charge in [-0.2, -0.15) is 0 Å². The van der Waals surface area contributed by atoms with E-state index in [4.69, 9.17) is 4.74 Å². The summed E-state index contributed by atoms with van der Waals surface area (Å²) >= 11 is 0. The molecule has 4 rings (SSSR count). The van der Waals surface area contributed by atoms with E-state index < -0.39 is 10.0 Å². The van der Waals surface area contributed by atoms with Crippen LogP contribution in [0.4, 0.5) is 0 Å². The monoisotopic (exact) mass is 370 g/mol. The number of benzene rings is 2. The molecule has 0 radical (unpaired) electrons. The second-order valence-electron chi connectivity index (χ2n) is 6.85. The summed E-state index contributed by atoms with van der Waals surface area (Å²) in [6.07, 6.45) is 1.97. The third kappa shape index (κ3) is 3.46. The molecule has 1 saturated heterocycles. The summed E-state index contributed by atoms with van der Waals surface area (Å²) in [5.41, 5.74) is 2.17. The molecule has 2 aromatic rings. The Hall–Kier alpha value is -2.34. The largest absolute Gasteiger partial charge is 0.457 e. The highest BCUT2D eigenvalue weighted by atomic mass is 32.2. The molecule has 1 unspecified atom stereocenters. The highest BCUT2D eigenvalue weighted by Gasteiger charge is 2.33. The average Bonchev–Trinajstić information content (AvgIpc) is 2.63. The van der Waals surface area contributed by atoms with Gasteiger partial charge in [-0.15, -0.1) is 4.40 Å². The number of aryl methyl sites for hydroxylation is 1. The van der Waals surface area contributed by atoms with Gasteiger partial charge in [-0.1, -0.05) is 30.3 Å². The van der Waals surface area contributed by atoms with Gasteiger partial charge in [-0.05, 0) is 49.1 Å². The summed E-state index contributed by atoms with van der Waals surface area (Å²) in [5.74, 6) is 2.47. The van der Waals surface area contributed by atoms with Crippen molar-refractivity contribution in [2.75, 3.05) is 18.8 Å². The van der Waals surface area contributed by atoms with Crippen LogP contribution >= 0.6 is 0 Å². The Kier molecular flexibility index (Phi) is 4.44. The van der Waals surface area contributed by atoms with E-state index >= 15 is 0 Å². The lowest BCUT2D eigenvalue weighted by molar-refractivity contribution is 0.366. The molecule has 0 spiro atoms. The van der Waals surface area contributed by atoms with Crippen LogP contribution in [0, 0.1) is 6.92 Å². The fourth-order valence-corrected chi connectivity index (χ4v) is 4.66. The van der Waals surface area contributed by atoms with E-state index in [9.17, 15) is 8.42 Å². The number of hydrogen-bond donors (Lipinski definition) is 0. The Bertz CT molecular complexity index is 936. The molecule has 0 amide bonds. The maximum Gasteiger partial charge on any atom is 0.256 e. The van der Waals surface area contributed by atoms with E-state index in [0.717, 1.165) is 42.0 Å². The Labute approximate surface area is 154 Å². The number of hydrogen-bond acceptors (Lipinski definition) is 4. The van der Waals surface area contributed by atoms with Crippen molar-refractivity contribution in [2.45, 2.75) is 25.7 Å². The van der Waals surface area contributed by atoms with Gasteiger partial charge >= 0.3 is 0 Å². The van der Waals surface area contributed by atoms with Gasteiger partial charge in [0.1, 0.15) is 17.3 Å². The van der Waals surface area contributed by atoms with Gasteiger partial charge in [-0.25, -0.2) is 8.42 Å². The molecule has 0 saturated carbocycles. The van der Waals surface area contributed by atoms with Crippen LogP contribution < -0.4 is 4.74 Å². The second kappa shape index (κ2) is 6.76. The average molecular weight is 370 g/mol. The Morgan fingerprint density at radius 1 is 1.08 bits per heavy atom. The molecule has 0 aromatic heterocycles. The fraction of sp³-hybridized carbons (Fsp3) is 0.350. The smallest absolute Gasteiger partial charge is 0.256 e. The number of ether oxygens (including phenoxy) is 1. The molecule has 2 aliphatic rings. The number of para-hydroxylation sites is 1. The van der Waals surface area contributed by atoms with E-state index in [1.165, 1.54) is 0 Å². The summed E-state index contributed by atoms with van der Waals surface area (Å²) in [4.78, 5) is 2.12. The van der Waals surface area contributed by atoms with Gasteiger partial charge in [0, 0.05) is 19.0 Å². The molecule has 2 aromatic carbocycles. The molecule has 0 aliphatic carbocycles. The molecule has 0 N–H and O–H groups in total. The lowest BCUT2D eigenvalue weighted by atomic mass is 9.89. The zero-order valence-corrected chi connectivity index (χ0v) is 15.6. The SMILES string of the molecule is Cc1ccccc1Oc1ccc(C2CCCN3CCS(=O)(=O)N=C23)cc1. The second-order valence-corrected chi connectivity index (χ2v) is 8.61. The van der Waals surface area contributed by atoms with Crippen LogP contribution in [0.2, 0.25) is 0 Å². The Balaban J connectivity index is 1.58. The summed E-state index contributed by atoms with van der Waals surface area (Å²) in [7, 11) is -3.33. The highest BCUT2D eigenvalue weighted by Crippen LogP contribution is 2.33. The molecule has 6 heteroatoms. The first kappa shape index (κ1) is 17.1. The zero-order valence-electron chi connectivity index (χ0n) is 14.8. The predicted molar refractivity (Wildman–Crippen MR) is 102 cm³/mol. The summed E-state index contributed by atoms with van der Waals surface area (Å²) in [5, 5.41) is 0. The highest BCUT2D eigenvalue weighted by molar-refractivity contribution is 7.90. The van der Waals surface area contributed by atoms with Gasteiger partial charge in [0.25, 0.3) is 10.0 Å². The number of nitrogens with zero attached hydrogens (tertiary/aromatic N) is 2. The molecule has 2 aliphatic heterocycles. The van der Waals surface area contributed by atoms with E-state index in [2.05, 4.69) is 9.30 Å². The van der Waals surface area contributed by atoms with E-state index in [0.29, 0.717) is 12.4 Å². The number of fused-ring (bicyclic) bond motifs is 1. The van der Waals surface area contributed by atoms with Crippen LogP contribution in [-0.4, -0.2) is 38.0 Å². The standard InChI is InChI=1S/C20H22N2O3S/c1-15-5-2-3-7-19(15)25-17-10-8-16(9-11-17)18-6-4-12-22-13-14-26(23,24)21-20(18)22/h2-3,5,7-11,18H,4,6,12-14H2,1H3. The lowest BCUT2D eigenvalue weighted by Gasteiger charge is -2.37. The Morgan fingerprint density at radius 3 is 2.62 bits per heavy atom. The molecule has 2 heterocycles. The topological polar surface area (TPSA) is 59.0 Å². The van der Waals surface area contributed by atoms with Crippen molar-refractivity contribution < 1.29 is 13.2 Å². The van der Waals surface area contributed by atoms with Gasteiger partial charge < -0.3 is 9.64 Å². The van der Waals surface area contributed by atoms with Crippen molar-refractivity contribution >= 4 is 15.9 Å². The van der Waals surface area contributed by atoms with Crippen molar-refractivity contribution in [1.82, 2.24) is 4.90 Å². The molecule has 1 fully saturated rings. The molecular weight excluding hydrogens is 348 g/mol. The van der Waals surface area contributed by atoms with E-state index in [1.54, 1.807) is 0 Å². The van der Waals surface area contributed by atoms with Crippen LogP contribution in [-0.2, 0) is 10.0 Å². The lowest BCUT2D eigenvalue weighted by Crippen LogP contribution is -2.46. The number of piperidine rings is 1. The van der Waals surface area contributed by atoms with Gasteiger partial charge in [0.15, 0.2) is 0 Å². The van der Waals surface area contributed by atoms with Crippen LogP contribution in [0.15, 0.2) is 52.9 Å². The number of sulfonamides is 1. The predicted octanol–water partition coefficient (Wildman–Crippen LogP) is 3.71. The van der Waals surface area contributed by atoms with Gasteiger partial charge in [-0.3, -0.25) is 0 Å². The molecule has 1 atom stereocenters. The third-order valence-corrected chi connectivity index (χ3v) is 6.18. The first-order chi connectivity index (χ1) is 12.5. The van der Waals surface area contributed by atoms with E-state index in [1.807, 2.05) is 55.5 Å². The molecule has 136 valence electrons. The van der Waals surface area contributed by atoms with Crippen molar-refractivity contribution in [3.05, 3.63) is 59.7 Å². The zero-order chi connectivity index (χ0) is 18.1. The van der Waals surface area contributed by atoms with Crippen LogP contribution in [0.3, 0.4) is 0 Å². The van der Waals surface area contributed by atoms with Crippen molar-refractivity contribution in [2.24, 2.45) is 4.40 Å². The van der Waals surface area contributed by atoms with Crippen molar-refractivity contribution in [3.63, 3.8) is 0 Å². The number of amidine groups is 1. The van der Waals surface area contributed by atoms with Gasteiger partial charge in [0.05, 0.1) is 5.75 Å². The molecule has 5 nitrogen and oxygen atoms in total. The van der Waals surface area contributed by atoms with Crippen LogP contribution in [0.5, 0.6) is 11.5 Å². The van der Waals surface area contributed by atoms with Crippen molar-refractivity contribution in [3.8, 4) is 11.5 Å². The van der Waals surface area contributed by atoms with E-state index in [-0.39, 0.29) is 11.7 Å². The Morgan fingerprint density at radius 2 is 1.85 bits per heavy atom. The quantitative estimate of drug-likeness (QED) is 0.826. The maximum absolute atomic E-state index is 11.9. The minimum atomic E-state index is -3.33. The minimum absolute atomic E-state index is 0.0336. The molecular formula is C20H22N2O3S. The van der Waals surface area contributed by atoms with Gasteiger partial charge in [0.2, 0.25) is 0 Å². The van der Waals surface area contributed by atoms with Crippen LogP contribution in [0.1, 0.15) is 29.9 Å². The molecule has 0 bridgehead atoms. The maximum atomic E-state index is 11.9. The summed E-state index contributed by atoms with van der Waals surface area (Å²) < 4.78 is 33.9. The minimum Gasteiger partial charge on any atom is -0.457 e. The molecule has 26 heavy (non-hydrogen) atoms. The summed E-state index contributed by atoms with van der Waals surface area (Å²) in [6, 6.07) is 15.8. The summed E-state index contributed by atoms with van der Waals surface area (Å²) in [6.45, 7) is 3.45. The fourth-order valence-electron chi connectivity index (χ4n) is 3.59. The van der Waals surface area contributed by atoms with Crippen LogP contribution in [0.25, 0.3) is 0 Å². The first-order valence-electron chi connectivity index (χ1n) is 8.93. The third-order valence-electron chi connectivity index (χ3n) is 5.01. The van der Waals surface area contributed by atoms with Crippen molar-refractivity contribution in [1.29, 1.82) is 0 Å². The normalized spacial score (nSPS) is 21.7.